The molecule has 1 saturated heterocycles. The zero-order valence-corrected chi connectivity index (χ0v) is 12.7. The molecular formula is C15H27NO4. The maximum atomic E-state index is 12.4. The van der Waals surface area contributed by atoms with Gasteiger partial charge in [-0.3, -0.25) is 5.32 Å². The van der Waals surface area contributed by atoms with Crippen LogP contribution in [0.4, 0.5) is 0 Å². The summed E-state index contributed by atoms with van der Waals surface area (Å²) < 4.78 is 16.5. The first-order chi connectivity index (χ1) is 9.73. The van der Waals surface area contributed by atoms with Gasteiger partial charge >= 0.3 is 5.97 Å². The molecule has 0 aromatic rings. The monoisotopic (exact) mass is 285 g/mol. The minimum atomic E-state index is -0.649. The Morgan fingerprint density at radius 3 is 2.70 bits per heavy atom. The molecule has 0 amide bonds. The van der Waals surface area contributed by atoms with Crippen LogP contribution >= 0.6 is 0 Å². The van der Waals surface area contributed by atoms with Gasteiger partial charge in [0.15, 0.2) is 0 Å². The average molecular weight is 285 g/mol. The van der Waals surface area contributed by atoms with E-state index in [1.54, 1.807) is 0 Å². The molecule has 2 unspecified atom stereocenters. The van der Waals surface area contributed by atoms with Gasteiger partial charge in [-0.25, -0.2) is 4.79 Å². The molecule has 1 saturated carbocycles. The third-order valence-electron chi connectivity index (χ3n) is 4.11. The smallest absolute Gasteiger partial charge is 0.329 e. The molecule has 2 rings (SSSR count). The van der Waals surface area contributed by atoms with E-state index in [0.717, 1.165) is 39.0 Å². The van der Waals surface area contributed by atoms with Crippen molar-refractivity contribution in [1.29, 1.82) is 0 Å². The van der Waals surface area contributed by atoms with Crippen molar-refractivity contribution in [1.82, 2.24) is 5.32 Å². The standard InChI is InChI=1S/C15H27NO4/c1-3-16-15(13-5-6-13,14(17)20-4-2)11-19-10-12-7-8-18-9-12/h12-13,16H,3-11H2,1-2H3. The van der Waals surface area contributed by atoms with Crippen LogP contribution in [0, 0.1) is 11.8 Å². The fourth-order valence-corrected chi connectivity index (χ4v) is 2.86. The second kappa shape index (κ2) is 7.38. The Morgan fingerprint density at radius 1 is 1.35 bits per heavy atom. The van der Waals surface area contributed by atoms with Crippen LogP contribution in [0.15, 0.2) is 0 Å². The van der Waals surface area contributed by atoms with Gasteiger partial charge in [-0.2, -0.15) is 0 Å². The van der Waals surface area contributed by atoms with Crippen LogP contribution in [0.3, 0.4) is 0 Å². The van der Waals surface area contributed by atoms with Crippen molar-refractivity contribution in [3.8, 4) is 0 Å². The minimum absolute atomic E-state index is 0.160. The van der Waals surface area contributed by atoms with E-state index in [-0.39, 0.29) is 5.97 Å². The summed E-state index contributed by atoms with van der Waals surface area (Å²) in [6, 6.07) is 0. The number of carbonyl (C=O) groups excluding carboxylic acids is 1. The van der Waals surface area contributed by atoms with E-state index in [2.05, 4.69) is 5.32 Å². The molecule has 0 bridgehead atoms. The zero-order chi connectivity index (χ0) is 14.4. The first-order valence-corrected chi connectivity index (χ1v) is 7.80. The summed E-state index contributed by atoms with van der Waals surface area (Å²) >= 11 is 0. The Hall–Kier alpha value is -0.650. The Morgan fingerprint density at radius 2 is 2.15 bits per heavy atom. The molecule has 116 valence electrons. The first-order valence-electron chi connectivity index (χ1n) is 7.80. The molecule has 0 radical (unpaired) electrons. The van der Waals surface area contributed by atoms with Crippen LogP contribution in [0.25, 0.3) is 0 Å². The van der Waals surface area contributed by atoms with Crippen molar-refractivity contribution in [3.05, 3.63) is 0 Å². The summed E-state index contributed by atoms with van der Waals surface area (Å²) in [5, 5.41) is 3.34. The lowest BCUT2D eigenvalue weighted by molar-refractivity contribution is -0.156. The van der Waals surface area contributed by atoms with E-state index in [1.807, 2.05) is 13.8 Å². The highest BCUT2D eigenvalue weighted by Gasteiger charge is 2.52. The Balaban J connectivity index is 1.91. The van der Waals surface area contributed by atoms with E-state index in [4.69, 9.17) is 14.2 Å². The summed E-state index contributed by atoms with van der Waals surface area (Å²) in [7, 11) is 0. The number of hydrogen-bond donors (Lipinski definition) is 1. The van der Waals surface area contributed by atoms with Crippen molar-refractivity contribution in [2.45, 2.75) is 38.6 Å². The van der Waals surface area contributed by atoms with Crippen molar-refractivity contribution >= 4 is 5.97 Å². The van der Waals surface area contributed by atoms with Crippen molar-refractivity contribution in [2.75, 3.05) is 39.6 Å². The van der Waals surface area contributed by atoms with Gasteiger partial charge in [-0.15, -0.1) is 0 Å². The van der Waals surface area contributed by atoms with Gasteiger partial charge in [0.2, 0.25) is 0 Å². The quantitative estimate of drug-likeness (QED) is 0.648. The van der Waals surface area contributed by atoms with Crippen LogP contribution < -0.4 is 5.32 Å². The van der Waals surface area contributed by atoms with Gasteiger partial charge in [0, 0.05) is 12.5 Å². The summed E-state index contributed by atoms with van der Waals surface area (Å²) in [5.41, 5.74) is -0.649. The predicted octanol–water partition coefficient (Wildman–Crippen LogP) is 1.36. The third-order valence-corrected chi connectivity index (χ3v) is 4.11. The SMILES string of the molecule is CCNC(COCC1CCOC1)(C(=O)OCC)C1CC1. The predicted molar refractivity (Wildman–Crippen MR) is 75.5 cm³/mol. The molecule has 5 heteroatoms. The van der Waals surface area contributed by atoms with Crippen LogP contribution in [0.2, 0.25) is 0 Å². The van der Waals surface area contributed by atoms with Crippen molar-refractivity contribution < 1.29 is 19.0 Å². The fourth-order valence-electron chi connectivity index (χ4n) is 2.86. The fraction of sp³-hybridized carbons (Fsp3) is 0.933. The topological polar surface area (TPSA) is 56.8 Å². The molecule has 1 heterocycles. The van der Waals surface area contributed by atoms with Crippen molar-refractivity contribution in [2.24, 2.45) is 11.8 Å². The normalized spacial score (nSPS) is 25.4. The first kappa shape index (κ1) is 15.7. The summed E-state index contributed by atoms with van der Waals surface area (Å²) in [6.07, 6.45) is 3.19. The molecule has 0 aromatic heterocycles. The Kier molecular flexibility index (Phi) is 5.81. The van der Waals surface area contributed by atoms with Gasteiger partial charge in [0.05, 0.1) is 26.4 Å². The van der Waals surface area contributed by atoms with Gasteiger partial charge < -0.3 is 14.2 Å². The molecule has 0 spiro atoms. The second-order valence-electron chi connectivity index (χ2n) is 5.74. The Labute approximate surface area is 121 Å². The molecule has 2 aliphatic rings. The lowest BCUT2D eigenvalue weighted by Crippen LogP contribution is -2.58. The number of ether oxygens (including phenoxy) is 3. The van der Waals surface area contributed by atoms with Gasteiger partial charge in [0.1, 0.15) is 5.54 Å². The molecular weight excluding hydrogens is 258 g/mol. The van der Waals surface area contributed by atoms with Gasteiger partial charge in [-0.1, -0.05) is 6.92 Å². The number of nitrogens with one attached hydrogen (secondary N) is 1. The minimum Gasteiger partial charge on any atom is -0.465 e. The lowest BCUT2D eigenvalue weighted by atomic mass is 9.94. The highest BCUT2D eigenvalue weighted by atomic mass is 16.5. The average Bonchev–Trinajstić information content (AvgIpc) is 3.16. The second-order valence-corrected chi connectivity index (χ2v) is 5.74. The van der Waals surface area contributed by atoms with E-state index in [9.17, 15) is 4.79 Å². The van der Waals surface area contributed by atoms with Crippen LogP contribution in [0.1, 0.15) is 33.1 Å². The highest BCUT2D eigenvalue weighted by molar-refractivity contribution is 5.82. The van der Waals surface area contributed by atoms with E-state index < -0.39 is 5.54 Å². The number of hydrogen-bond acceptors (Lipinski definition) is 5. The summed E-state index contributed by atoms with van der Waals surface area (Å²) in [5.74, 6) is 0.657. The van der Waals surface area contributed by atoms with Crippen LogP contribution in [0.5, 0.6) is 0 Å². The van der Waals surface area contributed by atoms with Crippen LogP contribution in [-0.2, 0) is 19.0 Å². The largest absolute Gasteiger partial charge is 0.465 e. The van der Waals surface area contributed by atoms with Crippen molar-refractivity contribution in [3.63, 3.8) is 0 Å². The number of carbonyl (C=O) groups is 1. The van der Waals surface area contributed by atoms with E-state index in [0.29, 0.717) is 31.7 Å². The maximum absolute atomic E-state index is 12.4. The molecule has 2 atom stereocenters. The molecule has 1 N–H and O–H groups in total. The Bertz CT molecular complexity index is 313. The lowest BCUT2D eigenvalue weighted by Gasteiger charge is -2.32. The third kappa shape index (κ3) is 3.71. The number of rotatable bonds is 9. The molecule has 2 fully saturated rings. The molecule has 5 nitrogen and oxygen atoms in total. The van der Waals surface area contributed by atoms with E-state index in [1.165, 1.54) is 0 Å². The maximum Gasteiger partial charge on any atom is 0.329 e. The van der Waals surface area contributed by atoms with Gasteiger partial charge in [-0.05, 0) is 38.6 Å². The molecule has 20 heavy (non-hydrogen) atoms. The number of likely N-dealkylation sites (N-methyl/N-ethyl adjacent to an activating group) is 1. The van der Waals surface area contributed by atoms with Crippen LogP contribution in [-0.4, -0.2) is 51.1 Å². The highest BCUT2D eigenvalue weighted by Crippen LogP contribution is 2.41. The number of esters is 1. The molecule has 1 aliphatic heterocycles. The summed E-state index contributed by atoms with van der Waals surface area (Å²) in [4.78, 5) is 12.4. The van der Waals surface area contributed by atoms with Gasteiger partial charge in [0.25, 0.3) is 0 Å². The molecule has 1 aliphatic carbocycles. The van der Waals surface area contributed by atoms with E-state index >= 15 is 0 Å². The molecule has 0 aromatic carbocycles. The summed E-state index contributed by atoms with van der Waals surface area (Å²) in [6.45, 7) is 7.68. The zero-order valence-electron chi connectivity index (χ0n) is 12.7.